The molecule has 0 aromatic carbocycles. The van der Waals surface area contributed by atoms with E-state index in [0.29, 0.717) is 11.7 Å². The van der Waals surface area contributed by atoms with E-state index in [-0.39, 0.29) is 11.6 Å². The number of hydrogen-bond acceptors (Lipinski definition) is 6. The van der Waals surface area contributed by atoms with Crippen molar-refractivity contribution in [3.05, 3.63) is 22.4 Å². The predicted molar refractivity (Wildman–Crippen MR) is 82.9 cm³/mol. The molecule has 0 bridgehead atoms. The summed E-state index contributed by atoms with van der Waals surface area (Å²) in [6.07, 6.45) is 0. The zero-order valence-electron chi connectivity index (χ0n) is 12.7. The van der Waals surface area contributed by atoms with Crippen molar-refractivity contribution in [2.45, 2.75) is 50.3 Å². The number of aromatic nitrogens is 5. The van der Waals surface area contributed by atoms with E-state index in [2.05, 4.69) is 39.3 Å². The molecule has 0 fully saturated rings. The molecule has 2 heterocycles. The Morgan fingerprint density at radius 3 is 2.76 bits per heavy atom. The molecule has 0 unspecified atom stereocenters. The lowest BCUT2D eigenvalue weighted by molar-refractivity contribution is 0.659. The van der Waals surface area contributed by atoms with Gasteiger partial charge in [-0.1, -0.05) is 13.8 Å². The summed E-state index contributed by atoms with van der Waals surface area (Å²) in [6.45, 7) is 9.39. The molecule has 0 aliphatic heterocycles. The molecule has 0 spiro atoms. The highest BCUT2D eigenvalue weighted by Gasteiger charge is 2.13. The molecule has 0 amide bonds. The van der Waals surface area contributed by atoms with Crippen LogP contribution in [0.5, 0.6) is 0 Å². The fourth-order valence-electron chi connectivity index (χ4n) is 1.78. The predicted octanol–water partition coefficient (Wildman–Crippen LogP) is 2.09. The maximum atomic E-state index is 11.6. The Labute approximate surface area is 127 Å². The van der Waals surface area contributed by atoms with E-state index in [4.69, 9.17) is 0 Å². The van der Waals surface area contributed by atoms with E-state index in [1.54, 1.807) is 4.57 Å². The molecule has 2 N–H and O–H groups in total. The van der Waals surface area contributed by atoms with Gasteiger partial charge in [0.1, 0.15) is 16.7 Å². The van der Waals surface area contributed by atoms with Gasteiger partial charge in [0.2, 0.25) is 0 Å². The Balaban J connectivity index is 2.36. The summed E-state index contributed by atoms with van der Waals surface area (Å²) in [5.41, 5.74) is -0.204. The van der Waals surface area contributed by atoms with Gasteiger partial charge < -0.3 is 5.32 Å². The summed E-state index contributed by atoms with van der Waals surface area (Å²) in [5, 5.41) is 11.1. The second-order valence-electron chi connectivity index (χ2n) is 4.79. The Morgan fingerprint density at radius 2 is 2.14 bits per heavy atom. The van der Waals surface area contributed by atoms with Gasteiger partial charge in [-0.25, -0.2) is 19.9 Å². The molecule has 0 atom stereocenters. The summed E-state index contributed by atoms with van der Waals surface area (Å²) < 4.78 is 1.58. The maximum Gasteiger partial charge on any atom is 0.343 e. The first kappa shape index (κ1) is 15.6. The van der Waals surface area contributed by atoms with Crippen LogP contribution in [-0.2, 0) is 6.54 Å². The van der Waals surface area contributed by atoms with Gasteiger partial charge in [-0.15, -0.1) is 5.10 Å². The molecule has 21 heavy (non-hydrogen) atoms. The van der Waals surface area contributed by atoms with E-state index < -0.39 is 0 Å². The van der Waals surface area contributed by atoms with E-state index in [0.717, 1.165) is 23.2 Å². The highest BCUT2D eigenvalue weighted by Crippen LogP contribution is 2.26. The van der Waals surface area contributed by atoms with Crippen LogP contribution in [0.3, 0.4) is 0 Å². The lowest BCUT2D eigenvalue weighted by Crippen LogP contribution is -2.16. The van der Waals surface area contributed by atoms with Crippen molar-refractivity contribution in [1.82, 2.24) is 24.7 Å². The second kappa shape index (κ2) is 6.75. The molecule has 114 valence electrons. The average Bonchev–Trinajstić information content (AvgIpc) is 2.79. The van der Waals surface area contributed by atoms with Gasteiger partial charge in [-0.2, -0.15) is 0 Å². The topological polar surface area (TPSA) is 88.5 Å². The molecule has 0 aliphatic carbocycles. The molecule has 8 heteroatoms. The van der Waals surface area contributed by atoms with Gasteiger partial charge in [0.05, 0.1) is 0 Å². The van der Waals surface area contributed by atoms with Gasteiger partial charge >= 0.3 is 5.69 Å². The summed E-state index contributed by atoms with van der Waals surface area (Å²) in [4.78, 5) is 20.6. The minimum atomic E-state index is -0.204. The van der Waals surface area contributed by atoms with Gasteiger partial charge in [-0.05, 0) is 25.6 Å². The zero-order valence-corrected chi connectivity index (χ0v) is 13.5. The molecular weight excluding hydrogens is 288 g/mol. The normalized spacial score (nSPS) is 11.1. The minimum Gasteiger partial charge on any atom is -0.370 e. The summed E-state index contributed by atoms with van der Waals surface area (Å²) in [5.74, 6) is 1.80. The lowest BCUT2D eigenvalue weighted by atomic mass is 10.2. The Morgan fingerprint density at radius 1 is 1.38 bits per heavy atom. The first-order valence-electron chi connectivity index (χ1n) is 7.01. The van der Waals surface area contributed by atoms with E-state index >= 15 is 0 Å². The number of rotatable bonds is 6. The summed E-state index contributed by atoms with van der Waals surface area (Å²) in [7, 11) is 0. The average molecular weight is 308 g/mol. The van der Waals surface area contributed by atoms with Crippen molar-refractivity contribution in [2.24, 2.45) is 0 Å². The van der Waals surface area contributed by atoms with Crippen molar-refractivity contribution < 1.29 is 0 Å². The van der Waals surface area contributed by atoms with Crippen LogP contribution in [0.2, 0.25) is 0 Å². The number of nitrogens with zero attached hydrogens (tertiary/aromatic N) is 4. The van der Waals surface area contributed by atoms with E-state index in [9.17, 15) is 4.79 Å². The highest BCUT2D eigenvalue weighted by atomic mass is 32.2. The first-order chi connectivity index (χ1) is 10.0. The number of anilines is 1. The van der Waals surface area contributed by atoms with Crippen LogP contribution in [0.25, 0.3) is 0 Å². The Bertz CT molecular complexity index is 663. The summed E-state index contributed by atoms with van der Waals surface area (Å²) in [6, 6.07) is 1.87. The van der Waals surface area contributed by atoms with Crippen LogP contribution in [0, 0.1) is 0 Å². The Kier molecular flexibility index (Phi) is 5.00. The molecule has 2 aromatic rings. The number of hydrogen-bond donors (Lipinski definition) is 2. The number of aromatic amines is 1. The molecule has 0 saturated carbocycles. The van der Waals surface area contributed by atoms with Crippen molar-refractivity contribution in [2.75, 3.05) is 11.9 Å². The fourth-order valence-corrected chi connectivity index (χ4v) is 2.69. The third-order valence-electron chi connectivity index (χ3n) is 2.83. The Hall–Kier alpha value is -1.83. The van der Waals surface area contributed by atoms with Crippen LogP contribution in [0.1, 0.15) is 39.4 Å². The van der Waals surface area contributed by atoms with Crippen LogP contribution in [-0.4, -0.2) is 31.3 Å². The molecular formula is C13H20N6OS. The van der Waals surface area contributed by atoms with Gasteiger partial charge in [0, 0.05) is 25.1 Å². The molecule has 0 radical (unpaired) electrons. The third kappa shape index (κ3) is 3.63. The van der Waals surface area contributed by atoms with Crippen molar-refractivity contribution in [3.63, 3.8) is 0 Å². The van der Waals surface area contributed by atoms with Crippen molar-refractivity contribution in [1.29, 1.82) is 0 Å². The molecule has 7 nitrogen and oxygen atoms in total. The van der Waals surface area contributed by atoms with Gasteiger partial charge in [-0.3, -0.25) is 4.57 Å². The molecule has 2 aromatic heterocycles. The van der Waals surface area contributed by atoms with Crippen molar-refractivity contribution in [3.8, 4) is 0 Å². The van der Waals surface area contributed by atoms with Crippen molar-refractivity contribution >= 4 is 17.6 Å². The van der Waals surface area contributed by atoms with E-state index in [1.807, 2.05) is 19.9 Å². The third-order valence-corrected chi connectivity index (χ3v) is 3.74. The van der Waals surface area contributed by atoms with Gasteiger partial charge in [0.15, 0.2) is 5.16 Å². The number of H-pyrrole nitrogens is 1. The molecule has 0 saturated heterocycles. The number of nitrogens with one attached hydrogen (secondary N) is 2. The van der Waals surface area contributed by atoms with E-state index in [1.165, 1.54) is 11.8 Å². The summed E-state index contributed by atoms with van der Waals surface area (Å²) >= 11 is 1.36. The van der Waals surface area contributed by atoms with Crippen LogP contribution in [0.4, 0.5) is 5.82 Å². The fraction of sp³-hybridized carbons (Fsp3) is 0.538. The smallest absolute Gasteiger partial charge is 0.343 e. The van der Waals surface area contributed by atoms with Crippen LogP contribution >= 0.6 is 11.8 Å². The van der Waals surface area contributed by atoms with Crippen LogP contribution < -0.4 is 11.0 Å². The minimum absolute atomic E-state index is 0.204. The first-order valence-corrected chi connectivity index (χ1v) is 7.82. The second-order valence-corrected chi connectivity index (χ2v) is 5.78. The SMILES string of the molecule is CCNc1cc(Sc2n[nH]c(=O)n2CC)nc(C(C)C)n1. The quantitative estimate of drug-likeness (QED) is 0.794. The zero-order chi connectivity index (χ0) is 15.4. The highest BCUT2D eigenvalue weighted by molar-refractivity contribution is 7.99. The lowest BCUT2D eigenvalue weighted by Gasteiger charge is -2.10. The largest absolute Gasteiger partial charge is 0.370 e. The standard InChI is InChI=1S/C13H20N6OS/c1-5-14-9-7-10(16-11(15-9)8(3)4)21-13-18-17-12(20)19(13)6-2/h7-8H,5-6H2,1-4H3,(H,17,20)(H,14,15,16). The maximum absolute atomic E-state index is 11.6. The molecule has 0 aliphatic rings. The monoisotopic (exact) mass is 308 g/mol. The van der Waals surface area contributed by atoms with Crippen LogP contribution in [0.15, 0.2) is 21.0 Å². The van der Waals surface area contributed by atoms with Gasteiger partial charge in [0.25, 0.3) is 0 Å². The molecule has 2 rings (SSSR count).